The van der Waals surface area contributed by atoms with E-state index in [4.69, 9.17) is 9.47 Å². The molecule has 1 aromatic carbocycles. The van der Waals surface area contributed by atoms with Crippen LogP contribution in [0.3, 0.4) is 0 Å². The summed E-state index contributed by atoms with van der Waals surface area (Å²) in [7, 11) is 0. The molecule has 1 heterocycles. The van der Waals surface area contributed by atoms with Crippen molar-refractivity contribution in [2.24, 2.45) is 0 Å². The van der Waals surface area contributed by atoms with Gasteiger partial charge in [0.1, 0.15) is 5.75 Å². The van der Waals surface area contributed by atoms with Crippen LogP contribution in [-0.4, -0.2) is 17.1 Å². The summed E-state index contributed by atoms with van der Waals surface area (Å²) in [5, 5.41) is 0. The molecule has 24 heavy (non-hydrogen) atoms. The number of esters is 1. The first kappa shape index (κ1) is 17.1. The normalized spacial score (nSPS) is 20.4. The van der Waals surface area contributed by atoms with E-state index in [0.29, 0.717) is 12.8 Å². The van der Waals surface area contributed by atoms with Crippen molar-refractivity contribution < 1.29 is 31.8 Å². The van der Waals surface area contributed by atoms with Crippen molar-refractivity contribution in [1.29, 1.82) is 0 Å². The predicted molar refractivity (Wildman–Crippen MR) is 79.0 cm³/mol. The van der Waals surface area contributed by atoms with Gasteiger partial charge in [-0.25, -0.2) is 4.79 Å². The second-order valence-electron chi connectivity index (χ2n) is 5.71. The van der Waals surface area contributed by atoms with Crippen LogP contribution in [0, 0.1) is 0 Å². The average molecular weight is 362 g/mol. The second kappa shape index (κ2) is 6.31. The first-order valence-corrected chi connectivity index (χ1v) is 8.28. The van der Waals surface area contributed by atoms with Crippen LogP contribution in [0.25, 0.3) is 0 Å². The first-order valence-electron chi connectivity index (χ1n) is 7.46. The zero-order valence-corrected chi connectivity index (χ0v) is 13.3. The number of rotatable bonds is 3. The minimum Gasteiger partial charge on any atom is -0.454 e. The van der Waals surface area contributed by atoms with Crippen molar-refractivity contribution in [2.45, 2.75) is 48.1 Å². The lowest BCUT2D eigenvalue weighted by Crippen LogP contribution is -2.36. The van der Waals surface area contributed by atoms with E-state index < -0.39 is 22.9 Å². The van der Waals surface area contributed by atoms with Gasteiger partial charge in [-0.15, -0.1) is 0 Å². The number of carbonyl (C=O) groups is 1. The van der Waals surface area contributed by atoms with E-state index in [0.717, 1.165) is 19.3 Å². The molecule has 0 saturated heterocycles. The third kappa shape index (κ3) is 3.53. The van der Waals surface area contributed by atoms with Crippen molar-refractivity contribution in [3.63, 3.8) is 0 Å². The van der Waals surface area contributed by atoms with Gasteiger partial charge in [-0.1, -0.05) is 6.42 Å². The molecule has 3 nitrogen and oxygen atoms in total. The maximum absolute atomic E-state index is 14.1. The van der Waals surface area contributed by atoms with Crippen molar-refractivity contribution in [3.8, 4) is 5.75 Å². The molecule has 8 heteroatoms. The van der Waals surface area contributed by atoms with E-state index >= 15 is 0 Å². The first-order chi connectivity index (χ1) is 11.3. The van der Waals surface area contributed by atoms with Crippen LogP contribution in [0.4, 0.5) is 17.6 Å². The number of benzene rings is 1. The van der Waals surface area contributed by atoms with Gasteiger partial charge in [0.15, 0.2) is 11.4 Å². The largest absolute Gasteiger partial charge is 0.454 e. The maximum atomic E-state index is 14.1. The Morgan fingerprint density at radius 2 is 1.71 bits per heavy atom. The fourth-order valence-corrected chi connectivity index (χ4v) is 3.52. The standard InChI is InChI=1S/C16H14F4O3S/c17-12-13(15(23-14(12)21)8-2-1-3-9-15)22-10-4-6-11(7-5-10)24-16(18,19)20/h4-7H,1-3,8-9H2. The summed E-state index contributed by atoms with van der Waals surface area (Å²) in [4.78, 5) is 11.6. The molecule has 0 atom stereocenters. The lowest BCUT2D eigenvalue weighted by atomic mass is 9.83. The van der Waals surface area contributed by atoms with Crippen molar-refractivity contribution in [3.05, 3.63) is 35.9 Å². The summed E-state index contributed by atoms with van der Waals surface area (Å²) < 4.78 is 61.8. The summed E-state index contributed by atoms with van der Waals surface area (Å²) in [5.74, 6) is -2.11. The zero-order valence-electron chi connectivity index (χ0n) is 12.5. The SMILES string of the molecule is O=C1OC2(CCCCC2)C(Oc2ccc(SC(F)(F)F)cc2)=C1F. The highest BCUT2D eigenvalue weighted by molar-refractivity contribution is 8.00. The molecule has 0 amide bonds. The molecule has 130 valence electrons. The van der Waals surface area contributed by atoms with E-state index in [-0.39, 0.29) is 28.2 Å². The smallest absolute Gasteiger partial charge is 0.446 e. The van der Waals surface area contributed by atoms with Gasteiger partial charge in [0.2, 0.25) is 5.83 Å². The number of ether oxygens (including phenoxy) is 2. The number of halogens is 4. The molecule has 1 aliphatic carbocycles. The number of hydrogen-bond acceptors (Lipinski definition) is 4. The maximum Gasteiger partial charge on any atom is 0.446 e. The monoisotopic (exact) mass is 362 g/mol. The van der Waals surface area contributed by atoms with Gasteiger partial charge >= 0.3 is 11.5 Å². The molecule has 0 N–H and O–H groups in total. The molecule has 0 unspecified atom stereocenters. The zero-order chi connectivity index (χ0) is 17.4. The van der Waals surface area contributed by atoms with Crippen LogP contribution in [0.1, 0.15) is 32.1 Å². The molecule has 1 saturated carbocycles. The van der Waals surface area contributed by atoms with Gasteiger partial charge < -0.3 is 9.47 Å². The topological polar surface area (TPSA) is 35.5 Å². The Morgan fingerprint density at radius 1 is 1.08 bits per heavy atom. The minimum absolute atomic E-state index is 0.00423. The highest BCUT2D eigenvalue weighted by Gasteiger charge is 2.51. The van der Waals surface area contributed by atoms with Crippen LogP contribution in [0.5, 0.6) is 5.75 Å². The third-order valence-electron chi connectivity index (χ3n) is 4.02. The second-order valence-corrected chi connectivity index (χ2v) is 6.85. The van der Waals surface area contributed by atoms with E-state index in [2.05, 4.69) is 0 Å². The Hall–Kier alpha value is -1.70. The van der Waals surface area contributed by atoms with Crippen LogP contribution in [0.2, 0.25) is 0 Å². The molecular formula is C16H14F4O3S. The predicted octanol–water partition coefficient (Wildman–Crippen LogP) is 5.12. The number of carbonyl (C=O) groups excluding carboxylic acids is 1. The Balaban J connectivity index is 1.79. The van der Waals surface area contributed by atoms with Gasteiger partial charge in [0.25, 0.3) is 0 Å². The fraction of sp³-hybridized carbons (Fsp3) is 0.438. The number of hydrogen-bond donors (Lipinski definition) is 0. The lowest BCUT2D eigenvalue weighted by molar-refractivity contribution is -0.151. The van der Waals surface area contributed by atoms with Crippen molar-refractivity contribution in [2.75, 3.05) is 0 Å². The highest BCUT2D eigenvalue weighted by Crippen LogP contribution is 2.45. The van der Waals surface area contributed by atoms with E-state index in [1.165, 1.54) is 24.3 Å². The summed E-state index contributed by atoms with van der Waals surface area (Å²) in [6.45, 7) is 0. The number of thioether (sulfide) groups is 1. The average Bonchev–Trinajstić information content (AvgIpc) is 2.73. The van der Waals surface area contributed by atoms with Crippen LogP contribution >= 0.6 is 11.8 Å². The minimum atomic E-state index is -4.38. The number of alkyl halides is 3. The Bertz CT molecular complexity index is 661. The molecule has 1 aliphatic heterocycles. The van der Waals surface area contributed by atoms with Crippen LogP contribution < -0.4 is 4.74 Å². The van der Waals surface area contributed by atoms with Crippen molar-refractivity contribution >= 4 is 17.7 Å². The molecule has 0 aromatic heterocycles. The molecule has 0 radical (unpaired) electrons. The van der Waals surface area contributed by atoms with Crippen LogP contribution in [-0.2, 0) is 9.53 Å². The molecule has 3 rings (SSSR count). The third-order valence-corrected chi connectivity index (χ3v) is 4.76. The Labute approximate surface area is 140 Å². The highest BCUT2D eigenvalue weighted by atomic mass is 32.2. The summed E-state index contributed by atoms with van der Waals surface area (Å²) in [6.07, 6.45) is 3.49. The molecule has 1 spiro atoms. The quantitative estimate of drug-likeness (QED) is 0.425. The van der Waals surface area contributed by atoms with Crippen molar-refractivity contribution in [1.82, 2.24) is 0 Å². The molecule has 0 bridgehead atoms. The Kier molecular flexibility index (Phi) is 4.50. The summed E-state index contributed by atoms with van der Waals surface area (Å²) in [5.41, 5.74) is -5.46. The van der Waals surface area contributed by atoms with Gasteiger partial charge in [0, 0.05) is 4.90 Å². The fourth-order valence-electron chi connectivity index (χ4n) is 2.98. The molecule has 1 aromatic rings. The Morgan fingerprint density at radius 3 is 2.29 bits per heavy atom. The van der Waals surface area contributed by atoms with Gasteiger partial charge in [-0.05, 0) is 61.7 Å². The van der Waals surface area contributed by atoms with E-state index in [1.807, 2.05) is 0 Å². The van der Waals surface area contributed by atoms with E-state index in [1.54, 1.807) is 0 Å². The van der Waals surface area contributed by atoms with Gasteiger partial charge in [-0.3, -0.25) is 0 Å². The van der Waals surface area contributed by atoms with Crippen LogP contribution in [0.15, 0.2) is 40.7 Å². The molecule has 1 fully saturated rings. The van der Waals surface area contributed by atoms with Gasteiger partial charge in [0.05, 0.1) is 0 Å². The molecular weight excluding hydrogens is 348 g/mol. The molecule has 2 aliphatic rings. The van der Waals surface area contributed by atoms with Gasteiger partial charge in [-0.2, -0.15) is 17.6 Å². The lowest BCUT2D eigenvalue weighted by Gasteiger charge is -2.33. The van der Waals surface area contributed by atoms with E-state index in [9.17, 15) is 22.4 Å². The summed E-state index contributed by atoms with van der Waals surface area (Å²) in [6, 6.07) is 5.09. The summed E-state index contributed by atoms with van der Waals surface area (Å²) >= 11 is -0.246.